The largest absolute Gasteiger partial charge is 0.456 e. The van der Waals surface area contributed by atoms with Gasteiger partial charge in [-0.05, 0) is 61.7 Å². The molecule has 0 atom stereocenters. The molecule has 1 aliphatic rings. The number of nitrogens with zero attached hydrogens (tertiary/aromatic N) is 1. The van der Waals surface area contributed by atoms with Crippen LogP contribution < -0.4 is 10.1 Å². The van der Waals surface area contributed by atoms with Crippen LogP contribution in [0.25, 0.3) is 0 Å². The number of benzene rings is 2. The Labute approximate surface area is 149 Å². The summed E-state index contributed by atoms with van der Waals surface area (Å²) >= 11 is 0. The summed E-state index contributed by atoms with van der Waals surface area (Å²) < 4.78 is 33.7. The number of piperazine rings is 1. The van der Waals surface area contributed by atoms with Crippen LogP contribution >= 0.6 is 0 Å². The summed E-state index contributed by atoms with van der Waals surface area (Å²) in [6, 6.07) is 11.1. The van der Waals surface area contributed by atoms with E-state index in [1.165, 1.54) is 9.87 Å². The molecule has 0 unspecified atom stereocenters. The summed E-state index contributed by atoms with van der Waals surface area (Å²) in [5.41, 5.74) is 3.17. The predicted octanol–water partition coefficient (Wildman–Crippen LogP) is 3.00. The quantitative estimate of drug-likeness (QED) is 0.911. The first-order valence-corrected chi connectivity index (χ1v) is 9.88. The average Bonchev–Trinajstić information content (AvgIpc) is 2.60. The van der Waals surface area contributed by atoms with Gasteiger partial charge < -0.3 is 10.1 Å². The van der Waals surface area contributed by atoms with Gasteiger partial charge in [0.05, 0.1) is 0 Å². The predicted molar refractivity (Wildman–Crippen MR) is 98.8 cm³/mol. The van der Waals surface area contributed by atoms with Crippen molar-refractivity contribution in [1.82, 2.24) is 9.62 Å². The van der Waals surface area contributed by atoms with E-state index in [2.05, 4.69) is 5.32 Å². The first-order chi connectivity index (χ1) is 11.9. The van der Waals surface area contributed by atoms with Crippen molar-refractivity contribution in [2.24, 2.45) is 0 Å². The maximum Gasteiger partial charge on any atom is 0.246 e. The molecule has 2 aromatic carbocycles. The first kappa shape index (κ1) is 17.9. The van der Waals surface area contributed by atoms with E-state index >= 15 is 0 Å². The van der Waals surface area contributed by atoms with Gasteiger partial charge in [0.2, 0.25) is 10.0 Å². The molecule has 1 N–H and O–H groups in total. The minimum absolute atomic E-state index is 0.229. The zero-order valence-electron chi connectivity index (χ0n) is 14.9. The molecule has 1 aliphatic heterocycles. The molecule has 1 fully saturated rings. The monoisotopic (exact) mass is 360 g/mol. The van der Waals surface area contributed by atoms with Crippen molar-refractivity contribution in [3.8, 4) is 11.5 Å². The van der Waals surface area contributed by atoms with Crippen molar-refractivity contribution >= 4 is 10.0 Å². The Balaban J connectivity index is 1.99. The van der Waals surface area contributed by atoms with Crippen LogP contribution in [0.3, 0.4) is 0 Å². The van der Waals surface area contributed by atoms with E-state index in [0.717, 1.165) is 11.1 Å². The van der Waals surface area contributed by atoms with Crippen LogP contribution in [0.15, 0.2) is 41.3 Å². The fraction of sp³-hybridized carbons (Fsp3) is 0.368. The van der Waals surface area contributed by atoms with Crippen LogP contribution in [-0.4, -0.2) is 38.9 Å². The molecule has 0 saturated carbocycles. The van der Waals surface area contributed by atoms with Crippen LogP contribution in [0.2, 0.25) is 0 Å². The number of aryl methyl sites for hydroxylation is 3. The molecule has 2 aromatic rings. The second-order valence-corrected chi connectivity index (χ2v) is 8.36. The van der Waals surface area contributed by atoms with E-state index < -0.39 is 10.0 Å². The Morgan fingerprint density at radius 1 is 0.960 bits per heavy atom. The Bertz CT molecular complexity index is 872. The van der Waals surface area contributed by atoms with Crippen LogP contribution in [0.5, 0.6) is 11.5 Å². The number of rotatable bonds is 4. The van der Waals surface area contributed by atoms with E-state index in [0.29, 0.717) is 37.7 Å². The van der Waals surface area contributed by atoms with Crippen molar-refractivity contribution in [1.29, 1.82) is 0 Å². The summed E-state index contributed by atoms with van der Waals surface area (Å²) in [5.74, 6) is 1.01. The van der Waals surface area contributed by atoms with Gasteiger partial charge in [-0.15, -0.1) is 0 Å². The molecule has 0 bridgehead atoms. The number of nitrogens with one attached hydrogen (secondary N) is 1. The first-order valence-electron chi connectivity index (χ1n) is 8.44. The zero-order valence-corrected chi connectivity index (χ0v) is 15.7. The molecule has 1 saturated heterocycles. The summed E-state index contributed by atoms with van der Waals surface area (Å²) in [6.07, 6.45) is 0. The van der Waals surface area contributed by atoms with Gasteiger partial charge >= 0.3 is 0 Å². The lowest BCUT2D eigenvalue weighted by Crippen LogP contribution is -2.46. The van der Waals surface area contributed by atoms with Crippen LogP contribution in [0, 0.1) is 20.8 Å². The molecule has 5 nitrogen and oxygen atoms in total. The third-order valence-electron chi connectivity index (χ3n) is 4.50. The third kappa shape index (κ3) is 3.86. The number of hydrogen-bond acceptors (Lipinski definition) is 4. The number of hydrogen-bond donors (Lipinski definition) is 1. The van der Waals surface area contributed by atoms with E-state index in [1.807, 2.05) is 45.0 Å². The standard InChI is InChI=1S/C19H24N2O3S/c1-14-4-7-18(24-17-6-5-15(2)16(3)13-17)19(12-14)25(22,23)21-10-8-20-9-11-21/h4-7,12-13,20H,8-11H2,1-3H3. The highest BCUT2D eigenvalue weighted by Crippen LogP contribution is 2.32. The summed E-state index contributed by atoms with van der Waals surface area (Å²) in [4.78, 5) is 0.229. The van der Waals surface area contributed by atoms with Crippen LogP contribution in [-0.2, 0) is 10.0 Å². The molecule has 0 aliphatic carbocycles. The molecule has 6 heteroatoms. The van der Waals surface area contributed by atoms with E-state index in [9.17, 15) is 8.42 Å². The SMILES string of the molecule is Cc1ccc(Oc2ccc(C)c(C)c2)c(S(=O)(=O)N2CCNCC2)c1. The molecule has 0 aromatic heterocycles. The average molecular weight is 360 g/mol. The van der Waals surface area contributed by atoms with Gasteiger partial charge in [-0.2, -0.15) is 4.31 Å². The van der Waals surface area contributed by atoms with Gasteiger partial charge in [0.25, 0.3) is 0 Å². The third-order valence-corrected chi connectivity index (χ3v) is 6.42. The molecular weight excluding hydrogens is 336 g/mol. The maximum atomic E-state index is 13.1. The summed E-state index contributed by atoms with van der Waals surface area (Å²) in [7, 11) is -3.59. The normalized spacial score (nSPS) is 16.0. The Hall–Kier alpha value is -1.89. The Morgan fingerprint density at radius 3 is 2.36 bits per heavy atom. The van der Waals surface area contributed by atoms with Gasteiger partial charge in [-0.3, -0.25) is 0 Å². The van der Waals surface area contributed by atoms with Gasteiger partial charge in [-0.1, -0.05) is 12.1 Å². The minimum Gasteiger partial charge on any atom is -0.456 e. The maximum absolute atomic E-state index is 13.1. The lowest BCUT2D eigenvalue weighted by molar-refractivity contribution is 0.358. The van der Waals surface area contributed by atoms with Crippen molar-refractivity contribution in [2.45, 2.75) is 25.7 Å². The fourth-order valence-corrected chi connectivity index (χ4v) is 4.47. The smallest absolute Gasteiger partial charge is 0.246 e. The molecule has 0 spiro atoms. The second kappa shape index (κ2) is 7.15. The highest BCUT2D eigenvalue weighted by molar-refractivity contribution is 7.89. The molecule has 0 amide bonds. The van der Waals surface area contributed by atoms with E-state index in [-0.39, 0.29) is 4.90 Å². The molecule has 1 heterocycles. The van der Waals surface area contributed by atoms with E-state index in [4.69, 9.17) is 4.74 Å². The van der Waals surface area contributed by atoms with E-state index in [1.54, 1.807) is 12.1 Å². The zero-order chi connectivity index (χ0) is 18.0. The van der Waals surface area contributed by atoms with Crippen LogP contribution in [0.1, 0.15) is 16.7 Å². The van der Waals surface area contributed by atoms with Crippen molar-refractivity contribution in [3.05, 3.63) is 53.1 Å². The van der Waals surface area contributed by atoms with Crippen molar-refractivity contribution in [2.75, 3.05) is 26.2 Å². The molecule has 3 rings (SSSR count). The highest BCUT2D eigenvalue weighted by atomic mass is 32.2. The highest BCUT2D eigenvalue weighted by Gasteiger charge is 2.29. The summed E-state index contributed by atoms with van der Waals surface area (Å²) in [5, 5.41) is 3.18. The molecule has 25 heavy (non-hydrogen) atoms. The molecule has 0 radical (unpaired) electrons. The number of ether oxygens (including phenoxy) is 1. The lowest BCUT2D eigenvalue weighted by Gasteiger charge is -2.27. The molecule has 134 valence electrons. The Kier molecular flexibility index (Phi) is 5.13. The minimum atomic E-state index is -3.59. The second-order valence-electron chi connectivity index (χ2n) is 6.45. The number of sulfonamides is 1. The van der Waals surface area contributed by atoms with Crippen molar-refractivity contribution in [3.63, 3.8) is 0 Å². The van der Waals surface area contributed by atoms with Gasteiger partial charge in [0, 0.05) is 26.2 Å². The van der Waals surface area contributed by atoms with Gasteiger partial charge in [0.15, 0.2) is 0 Å². The fourth-order valence-electron chi connectivity index (χ4n) is 2.83. The summed E-state index contributed by atoms with van der Waals surface area (Å²) in [6.45, 7) is 8.20. The van der Waals surface area contributed by atoms with Gasteiger partial charge in [-0.25, -0.2) is 8.42 Å². The lowest BCUT2D eigenvalue weighted by atomic mass is 10.1. The molecular formula is C19H24N2O3S. The Morgan fingerprint density at radius 2 is 1.68 bits per heavy atom. The van der Waals surface area contributed by atoms with Crippen LogP contribution in [0.4, 0.5) is 0 Å². The topological polar surface area (TPSA) is 58.6 Å². The van der Waals surface area contributed by atoms with Gasteiger partial charge in [0.1, 0.15) is 16.4 Å². The van der Waals surface area contributed by atoms with Crippen molar-refractivity contribution < 1.29 is 13.2 Å².